The van der Waals surface area contributed by atoms with Gasteiger partial charge in [-0.05, 0) is 54.3 Å². The van der Waals surface area contributed by atoms with Crippen molar-refractivity contribution in [3.63, 3.8) is 0 Å². The fourth-order valence-corrected chi connectivity index (χ4v) is 4.37. The third-order valence-electron chi connectivity index (χ3n) is 5.99. The van der Waals surface area contributed by atoms with Crippen molar-refractivity contribution in [2.24, 2.45) is 7.05 Å². The van der Waals surface area contributed by atoms with Crippen molar-refractivity contribution < 1.29 is 4.57 Å². The zero-order chi connectivity index (χ0) is 18.3. The highest BCUT2D eigenvalue weighted by Gasteiger charge is 2.23. The van der Waals surface area contributed by atoms with E-state index in [2.05, 4.69) is 60.6 Å². The number of aryl methyl sites for hydroxylation is 2. The van der Waals surface area contributed by atoms with Gasteiger partial charge in [0, 0.05) is 18.6 Å². The minimum Gasteiger partial charge on any atom is -0.238 e. The van der Waals surface area contributed by atoms with Crippen molar-refractivity contribution in [3.8, 4) is 11.3 Å². The van der Waals surface area contributed by atoms with E-state index in [9.17, 15) is 0 Å². The molecular formula is C24H25N2+. The molecule has 0 bridgehead atoms. The molecule has 26 heavy (non-hydrogen) atoms. The summed E-state index contributed by atoms with van der Waals surface area (Å²) in [7, 11) is 2.15. The summed E-state index contributed by atoms with van der Waals surface area (Å²) in [6, 6.07) is 15.3. The Balaban J connectivity index is 1.97. The maximum absolute atomic E-state index is 7.31. The van der Waals surface area contributed by atoms with Crippen LogP contribution in [0, 0.1) is 20.4 Å². The van der Waals surface area contributed by atoms with Crippen molar-refractivity contribution >= 4 is 16.5 Å². The zero-order valence-corrected chi connectivity index (χ0v) is 15.8. The third-order valence-corrected chi connectivity index (χ3v) is 5.99. The standard InChI is InChI=1S/C24H25N2/c1-16-9-10-19(18-7-5-6-8-18)15-23(16)24-22-12-11-21(25-3)14-20(22)13-17(2)26(24)4/h9-15,18H,5-8H2,1-2,4H3/q+1. The molecule has 3 aromatic rings. The Kier molecular flexibility index (Phi) is 4.24. The lowest BCUT2D eigenvalue weighted by Gasteiger charge is -2.14. The van der Waals surface area contributed by atoms with Gasteiger partial charge in [-0.1, -0.05) is 37.1 Å². The molecule has 0 N–H and O–H groups in total. The van der Waals surface area contributed by atoms with E-state index in [0.717, 1.165) is 5.39 Å². The smallest absolute Gasteiger partial charge is 0.220 e. The van der Waals surface area contributed by atoms with Crippen molar-refractivity contribution in [2.75, 3.05) is 0 Å². The van der Waals surface area contributed by atoms with Crippen molar-refractivity contribution in [1.29, 1.82) is 0 Å². The molecule has 1 aliphatic carbocycles. The van der Waals surface area contributed by atoms with Gasteiger partial charge >= 0.3 is 0 Å². The van der Waals surface area contributed by atoms with Crippen LogP contribution in [0.1, 0.15) is 48.4 Å². The highest BCUT2D eigenvalue weighted by Crippen LogP contribution is 2.37. The molecule has 1 aliphatic rings. The molecule has 1 saturated carbocycles. The highest BCUT2D eigenvalue weighted by atomic mass is 14.9. The Bertz CT molecular complexity index is 1030. The fraction of sp³-hybridized carbons (Fsp3) is 0.333. The SMILES string of the molecule is [C-]#[N+]c1ccc2c(-c3cc(C4CCCC4)ccc3C)[n+](C)c(C)cc2c1. The first-order chi connectivity index (χ1) is 12.6. The molecule has 0 radical (unpaired) electrons. The van der Waals surface area contributed by atoms with Gasteiger partial charge in [-0.25, -0.2) is 4.85 Å². The molecule has 0 amide bonds. The number of nitrogens with zero attached hydrogens (tertiary/aromatic N) is 2. The Morgan fingerprint density at radius 3 is 2.50 bits per heavy atom. The Hall–Kier alpha value is -2.66. The summed E-state index contributed by atoms with van der Waals surface area (Å²) >= 11 is 0. The maximum Gasteiger partial charge on any atom is 0.220 e. The summed E-state index contributed by atoms with van der Waals surface area (Å²) in [4.78, 5) is 3.60. The number of pyridine rings is 1. The zero-order valence-electron chi connectivity index (χ0n) is 15.8. The van der Waals surface area contributed by atoms with Crippen molar-refractivity contribution in [1.82, 2.24) is 0 Å². The molecule has 1 fully saturated rings. The molecule has 4 rings (SSSR count). The summed E-state index contributed by atoms with van der Waals surface area (Å²) in [5, 5.41) is 2.37. The van der Waals surface area contributed by atoms with Gasteiger partial charge in [0.05, 0.1) is 12.0 Å². The average molecular weight is 341 g/mol. The van der Waals surface area contributed by atoms with Crippen LogP contribution in [0.15, 0.2) is 42.5 Å². The van der Waals surface area contributed by atoms with Crippen LogP contribution in [0.4, 0.5) is 5.69 Å². The van der Waals surface area contributed by atoms with Gasteiger partial charge in [-0.2, -0.15) is 4.57 Å². The van der Waals surface area contributed by atoms with Crippen molar-refractivity contribution in [3.05, 3.63) is 70.7 Å². The minimum atomic E-state index is 0.702. The molecule has 0 spiro atoms. The van der Waals surface area contributed by atoms with Crippen LogP contribution in [0.5, 0.6) is 0 Å². The predicted octanol–water partition coefficient (Wildman–Crippen LogP) is 6.16. The number of aromatic nitrogens is 1. The molecule has 2 nitrogen and oxygen atoms in total. The average Bonchev–Trinajstić information content (AvgIpc) is 3.18. The summed E-state index contributed by atoms with van der Waals surface area (Å²) in [6.07, 6.45) is 5.35. The second kappa shape index (κ2) is 6.57. The molecule has 0 unspecified atom stereocenters. The van der Waals surface area contributed by atoms with E-state index in [4.69, 9.17) is 6.57 Å². The number of hydrogen-bond acceptors (Lipinski definition) is 0. The molecule has 130 valence electrons. The molecule has 0 aliphatic heterocycles. The second-order valence-corrected chi connectivity index (χ2v) is 7.63. The summed E-state index contributed by atoms with van der Waals surface area (Å²) in [5.41, 5.74) is 7.28. The first kappa shape index (κ1) is 16.8. The number of hydrogen-bond donors (Lipinski definition) is 0. The van der Waals surface area contributed by atoms with E-state index in [1.165, 1.54) is 59.1 Å². The van der Waals surface area contributed by atoms with Crippen molar-refractivity contribution in [2.45, 2.75) is 45.4 Å². The molecule has 1 heterocycles. The van der Waals surface area contributed by atoms with Crippen LogP contribution in [0.3, 0.4) is 0 Å². The second-order valence-electron chi connectivity index (χ2n) is 7.63. The highest BCUT2D eigenvalue weighted by molar-refractivity contribution is 5.95. The van der Waals surface area contributed by atoms with Crippen LogP contribution < -0.4 is 4.57 Å². The van der Waals surface area contributed by atoms with Gasteiger partial charge in [-0.15, -0.1) is 0 Å². The largest absolute Gasteiger partial charge is 0.238 e. The Labute approximate surface area is 155 Å². The monoisotopic (exact) mass is 341 g/mol. The molecule has 2 aromatic carbocycles. The molecule has 2 heteroatoms. The Morgan fingerprint density at radius 1 is 1.00 bits per heavy atom. The summed E-state index contributed by atoms with van der Waals surface area (Å²) in [6.45, 7) is 11.7. The normalized spacial score (nSPS) is 14.7. The lowest BCUT2D eigenvalue weighted by molar-refractivity contribution is -0.665. The number of rotatable bonds is 2. The maximum atomic E-state index is 7.31. The molecular weight excluding hydrogens is 316 g/mol. The predicted molar refractivity (Wildman–Crippen MR) is 108 cm³/mol. The number of fused-ring (bicyclic) bond motifs is 1. The van der Waals surface area contributed by atoms with E-state index in [1.807, 2.05) is 12.1 Å². The topological polar surface area (TPSA) is 8.24 Å². The van der Waals surface area contributed by atoms with Gasteiger partial charge in [-0.3, -0.25) is 0 Å². The van der Waals surface area contributed by atoms with Gasteiger partial charge in [0.25, 0.3) is 0 Å². The van der Waals surface area contributed by atoms with Crippen LogP contribution >= 0.6 is 0 Å². The van der Waals surface area contributed by atoms with Crippen LogP contribution in [0.25, 0.3) is 26.9 Å². The quantitative estimate of drug-likeness (QED) is 0.390. The van der Waals surface area contributed by atoms with E-state index < -0.39 is 0 Å². The lowest BCUT2D eigenvalue weighted by atomic mass is 9.91. The van der Waals surface area contributed by atoms with E-state index >= 15 is 0 Å². The van der Waals surface area contributed by atoms with Gasteiger partial charge < -0.3 is 0 Å². The van der Waals surface area contributed by atoms with Crippen LogP contribution in [-0.4, -0.2) is 0 Å². The minimum absolute atomic E-state index is 0.702. The third kappa shape index (κ3) is 2.78. The molecule has 0 atom stereocenters. The first-order valence-corrected chi connectivity index (χ1v) is 9.50. The van der Waals surface area contributed by atoms with Gasteiger partial charge in [0.1, 0.15) is 7.05 Å². The molecule has 0 saturated heterocycles. The van der Waals surface area contributed by atoms with E-state index in [-0.39, 0.29) is 0 Å². The fourth-order valence-electron chi connectivity index (χ4n) is 4.37. The Morgan fingerprint density at radius 2 is 1.77 bits per heavy atom. The van der Waals surface area contributed by atoms with Crippen LogP contribution in [-0.2, 0) is 7.05 Å². The van der Waals surface area contributed by atoms with Gasteiger partial charge in [0.15, 0.2) is 11.4 Å². The van der Waals surface area contributed by atoms with Crippen LogP contribution in [0.2, 0.25) is 0 Å². The summed E-state index contributed by atoms with van der Waals surface area (Å²) in [5.74, 6) is 0.712. The number of benzene rings is 2. The van der Waals surface area contributed by atoms with Gasteiger partial charge in [0.2, 0.25) is 5.69 Å². The lowest BCUT2D eigenvalue weighted by Crippen LogP contribution is -2.35. The van der Waals surface area contributed by atoms with E-state index in [1.54, 1.807) is 0 Å². The van der Waals surface area contributed by atoms with E-state index in [0.29, 0.717) is 11.6 Å². The molecule has 1 aromatic heterocycles. The first-order valence-electron chi connectivity index (χ1n) is 9.50. The summed E-state index contributed by atoms with van der Waals surface area (Å²) < 4.78 is 2.29.